The molecule has 2 aromatic heterocycles. The van der Waals surface area contributed by atoms with Crippen molar-refractivity contribution in [3.05, 3.63) is 84.3 Å². The largest absolute Gasteiger partial charge is 0.395 e. The molecule has 0 aliphatic carbocycles. The Balaban J connectivity index is 1.69. The van der Waals surface area contributed by atoms with Gasteiger partial charge in [-0.2, -0.15) is 0 Å². The summed E-state index contributed by atoms with van der Waals surface area (Å²) in [5, 5.41) is 12.7. The van der Waals surface area contributed by atoms with E-state index < -0.39 is 10.8 Å². The number of nitrogens with zero attached hydrogens (tertiary/aromatic N) is 2. The highest BCUT2D eigenvalue weighted by molar-refractivity contribution is 7.84. The van der Waals surface area contributed by atoms with Gasteiger partial charge in [0.15, 0.2) is 5.16 Å². The lowest BCUT2D eigenvalue weighted by Gasteiger charge is -2.08. The third kappa shape index (κ3) is 5.04. The number of hydrogen-bond acceptors (Lipinski definition) is 5. The van der Waals surface area contributed by atoms with Crippen LogP contribution in [0.3, 0.4) is 0 Å². The summed E-state index contributed by atoms with van der Waals surface area (Å²) in [7, 11) is -1.48. The molecule has 4 aromatic rings. The summed E-state index contributed by atoms with van der Waals surface area (Å²) in [6.45, 7) is 0.409. The SMILES string of the molecule is O=S(CCO)c1nc(-c2ccnc(NCc3ccccc3)c2)c(-c2ccc(F)cc2)[nH]1. The van der Waals surface area contributed by atoms with Crippen molar-refractivity contribution >= 4 is 16.6 Å². The molecule has 0 aliphatic rings. The highest BCUT2D eigenvalue weighted by Crippen LogP contribution is 2.32. The van der Waals surface area contributed by atoms with Gasteiger partial charge in [-0.3, -0.25) is 4.21 Å². The van der Waals surface area contributed by atoms with E-state index in [-0.39, 0.29) is 23.3 Å². The molecule has 0 aliphatic heterocycles. The molecule has 31 heavy (non-hydrogen) atoms. The van der Waals surface area contributed by atoms with Gasteiger partial charge in [0.25, 0.3) is 0 Å². The molecule has 2 aromatic carbocycles. The van der Waals surface area contributed by atoms with Crippen LogP contribution in [0.1, 0.15) is 5.56 Å². The van der Waals surface area contributed by atoms with E-state index in [1.54, 1.807) is 18.3 Å². The standard InChI is InChI=1S/C23H21FN4O2S/c24-19-8-6-17(7-9-19)21-22(28-23(27-21)31(30)13-12-29)18-10-11-25-20(14-18)26-15-16-4-2-1-3-5-16/h1-11,14,29H,12-13,15H2,(H,25,26)(H,27,28). The predicted molar refractivity (Wildman–Crippen MR) is 119 cm³/mol. The maximum absolute atomic E-state index is 13.4. The first kappa shape index (κ1) is 20.9. The van der Waals surface area contributed by atoms with Crippen molar-refractivity contribution in [3.8, 4) is 22.5 Å². The molecule has 0 radical (unpaired) electrons. The van der Waals surface area contributed by atoms with Crippen LogP contribution in [0.15, 0.2) is 78.1 Å². The molecule has 0 spiro atoms. The number of anilines is 1. The van der Waals surface area contributed by atoms with Crippen LogP contribution in [0.4, 0.5) is 10.2 Å². The van der Waals surface area contributed by atoms with Crippen LogP contribution < -0.4 is 5.32 Å². The fourth-order valence-corrected chi connectivity index (χ4v) is 3.90. The van der Waals surface area contributed by atoms with Crippen molar-refractivity contribution in [2.75, 3.05) is 17.7 Å². The van der Waals surface area contributed by atoms with Crippen LogP contribution in [0.2, 0.25) is 0 Å². The second-order valence-corrected chi connectivity index (χ2v) is 8.30. The zero-order chi connectivity index (χ0) is 21.6. The van der Waals surface area contributed by atoms with Gasteiger partial charge in [-0.25, -0.2) is 14.4 Å². The average Bonchev–Trinajstić information content (AvgIpc) is 3.25. The molecule has 158 valence electrons. The molecule has 1 unspecified atom stereocenters. The Kier molecular flexibility index (Phi) is 6.49. The third-order valence-corrected chi connectivity index (χ3v) is 5.84. The van der Waals surface area contributed by atoms with Gasteiger partial charge in [0.05, 0.1) is 34.5 Å². The first-order chi connectivity index (χ1) is 15.1. The van der Waals surface area contributed by atoms with Crippen molar-refractivity contribution in [2.45, 2.75) is 11.7 Å². The molecule has 0 saturated heterocycles. The predicted octanol–water partition coefficient (Wildman–Crippen LogP) is 3.99. The van der Waals surface area contributed by atoms with E-state index >= 15 is 0 Å². The maximum atomic E-state index is 13.4. The lowest BCUT2D eigenvalue weighted by Crippen LogP contribution is -2.03. The van der Waals surface area contributed by atoms with Gasteiger partial charge < -0.3 is 15.4 Å². The fraction of sp³-hybridized carbons (Fsp3) is 0.130. The second kappa shape index (κ2) is 9.63. The number of halogens is 1. The second-order valence-electron chi connectivity index (χ2n) is 6.81. The monoisotopic (exact) mass is 436 g/mol. The highest BCUT2D eigenvalue weighted by Gasteiger charge is 2.18. The van der Waals surface area contributed by atoms with Crippen molar-refractivity contribution in [2.24, 2.45) is 0 Å². The van der Waals surface area contributed by atoms with Gasteiger partial charge in [-0.15, -0.1) is 0 Å². The molecular weight excluding hydrogens is 415 g/mol. The molecule has 6 nitrogen and oxygen atoms in total. The van der Waals surface area contributed by atoms with Crippen LogP contribution in [0.25, 0.3) is 22.5 Å². The Morgan fingerprint density at radius 1 is 1.03 bits per heavy atom. The summed E-state index contributed by atoms with van der Waals surface area (Å²) in [5.41, 5.74) is 3.82. The molecule has 0 amide bonds. The summed E-state index contributed by atoms with van der Waals surface area (Å²) in [6.07, 6.45) is 1.68. The summed E-state index contributed by atoms with van der Waals surface area (Å²) in [4.78, 5) is 12.0. The van der Waals surface area contributed by atoms with Crippen molar-refractivity contribution < 1.29 is 13.7 Å². The van der Waals surface area contributed by atoms with Gasteiger partial charge in [0, 0.05) is 23.9 Å². The normalized spacial score (nSPS) is 11.9. The van der Waals surface area contributed by atoms with Gasteiger partial charge in [-0.05, 0) is 42.0 Å². The summed E-state index contributed by atoms with van der Waals surface area (Å²) in [5.74, 6) is 0.411. The first-order valence-corrected chi connectivity index (χ1v) is 11.1. The highest BCUT2D eigenvalue weighted by atomic mass is 32.2. The van der Waals surface area contributed by atoms with Crippen LogP contribution >= 0.6 is 0 Å². The maximum Gasteiger partial charge on any atom is 0.197 e. The van der Waals surface area contributed by atoms with E-state index in [0.717, 1.165) is 11.1 Å². The Bertz CT molecular complexity index is 1180. The molecule has 0 fully saturated rings. The van der Waals surface area contributed by atoms with Gasteiger partial charge in [0.2, 0.25) is 0 Å². The Morgan fingerprint density at radius 2 is 1.81 bits per heavy atom. The Morgan fingerprint density at radius 3 is 2.55 bits per heavy atom. The number of nitrogens with one attached hydrogen (secondary N) is 2. The zero-order valence-corrected chi connectivity index (χ0v) is 17.4. The van der Waals surface area contributed by atoms with E-state index in [1.807, 2.05) is 42.5 Å². The van der Waals surface area contributed by atoms with E-state index in [0.29, 0.717) is 29.3 Å². The van der Waals surface area contributed by atoms with Crippen LogP contribution in [-0.2, 0) is 17.3 Å². The number of aliphatic hydroxyl groups is 1. The van der Waals surface area contributed by atoms with Crippen molar-refractivity contribution in [1.82, 2.24) is 15.0 Å². The molecule has 2 heterocycles. The average molecular weight is 437 g/mol. The van der Waals surface area contributed by atoms with Crippen molar-refractivity contribution in [1.29, 1.82) is 0 Å². The number of hydrogen-bond donors (Lipinski definition) is 3. The first-order valence-electron chi connectivity index (χ1n) is 9.73. The molecule has 0 bridgehead atoms. The lowest BCUT2D eigenvalue weighted by molar-refractivity contribution is 0.321. The minimum Gasteiger partial charge on any atom is -0.395 e. The Hall–Kier alpha value is -3.36. The quantitative estimate of drug-likeness (QED) is 0.389. The minimum atomic E-state index is -1.48. The topological polar surface area (TPSA) is 90.9 Å². The number of rotatable bonds is 8. The van der Waals surface area contributed by atoms with E-state index in [1.165, 1.54) is 12.1 Å². The van der Waals surface area contributed by atoms with Gasteiger partial charge >= 0.3 is 0 Å². The van der Waals surface area contributed by atoms with Gasteiger partial charge in [-0.1, -0.05) is 30.3 Å². The minimum absolute atomic E-state index is 0.0794. The zero-order valence-electron chi connectivity index (χ0n) is 16.6. The molecule has 0 saturated carbocycles. The van der Waals surface area contributed by atoms with Crippen LogP contribution in [0, 0.1) is 5.82 Å². The number of benzene rings is 2. The molecule has 1 atom stereocenters. The number of pyridine rings is 1. The van der Waals surface area contributed by atoms with E-state index in [2.05, 4.69) is 20.3 Å². The van der Waals surface area contributed by atoms with E-state index in [4.69, 9.17) is 5.11 Å². The molecule has 4 rings (SSSR count). The molecule has 8 heteroatoms. The van der Waals surface area contributed by atoms with E-state index in [9.17, 15) is 8.60 Å². The smallest absolute Gasteiger partial charge is 0.197 e. The summed E-state index contributed by atoms with van der Waals surface area (Å²) >= 11 is 0. The summed E-state index contributed by atoms with van der Waals surface area (Å²) in [6, 6.07) is 19.7. The molecule has 3 N–H and O–H groups in total. The number of aromatic nitrogens is 3. The third-order valence-electron chi connectivity index (χ3n) is 4.66. The number of aliphatic hydroxyl groups excluding tert-OH is 1. The number of imidazole rings is 1. The fourth-order valence-electron chi connectivity index (χ4n) is 3.14. The van der Waals surface area contributed by atoms with Crippen LogP contribution in [-0.4, -0.2) is 36.6 Å². The molecular formula is C23H21FN4O2S. The number of H-pyrrole nitrogens is 1. The lowest BCUT2D eigenvalue weighted by atomic mass is 10.1. The van der Waals surface area contributed by atoms with Crippen molar-refractivity contribution in [3.63, 3.8) is 0 Å². The van der Waals surface area contributed by atoms with Crippen LogP contribution in [0.5, 0.6) is 0 Å². The number of aromatic amines is 1. The van der Waals surface area contributed by atoms with Gasteiger partial charge in [0.1, 0.15) is 11.6 Å². The Labute approximate surface area is 181 Å². The summed E-state index contributed by atoms with van der Waals surface area (Å²) < 4.78 is 25.8.